The zero-order chi connectivity index (χ0) is 18.6. The molecule has 1 aliphatic carbocycles. The van der Waals surface area contributed by atoms with Crippen LogP contribution < -0.4 is 11.1 Å². The minimum atomic E-state index is -0.504. The van der Waals surface area contributed by atoms with Gasteiger partial charge in [-0.25, -0.2) is 4.68 Å². The van der Waals surface area contributed by atoms with Gasteiger partial charge in [-0.3, -0.25) is 14.9 Å². The molecule has 2 aromatic rings. The van der Waals surface area contributed by atoms with Crippen molar-refractivity contribution in [2.24, 2.45) is 5.41 Å². The average molecular weight is 354 g/mol. The van der Waals surface area contributed by atoms with Crippen LogP contribution in [0.5, 0.6) is 0 Å². The molecule has 2 aliphatic rings. The van der Waals surface area contributed by atoms with Gasteiger partial charge in [0.15, 0.2) is 5.78 Å². The topological polar surface area (TPSA) is 129 Å². The summed E-state index contributed by atoms with van der Waals surface area (Å²) in [4.78, 5) is 27.6. The minimum absolute atomic E-state index is 0.00804. The Balaban J connectivity index is 1.87. The summed E-state index contributed by atoms with van der Waals surface area (Å²) in [5.41, 5.74) is 7.76. The zero-order valence-electron chi connectivity index (χ0n) is 14.4. The quantitative estimate of drug-likeness (QED) is 0.626. The van der Waals surface area contributed by atoms with Crippen molar-refractivity contribution < 1.29 is 9.72 Å². The number of anilines is 2. The average Bonchev–Trinajstić information content (AvgIpc) is 2.91. The van der Waals surface area contributed by atoms with Crippen molar-refractivity contribution in [1.29, 1.82) is 0 Å². The van der Waals surface area contributed by atoms with Crippen molar-refractivity contribution in [3.63, 3.8) is 0 Å². The second-order valence-corrected chi connectivity index (χ2v) is 7.45. The van der Waals surface area contributed by atoms with Gasteiger partial charge in [0, 0.05) is 29.8 Å². The van der Waals surface area contributed by atoms with Crippen molar-refractivity contribution in [1.82, 2.24) is 14.8 Å². The molecule has 0 bridgehead atoms. The van der Waals surface area contributed by atoms with Crippen molar-refractivity contribution in [2.75, 3.05) is 11.1 Å². The van der Waals surface area contributed by atoms with Crippen LogP contribution >= 0.6 is 0 Å². The van der Waals surface area contributed by atoms with Gasteiger partial charge in [-0.15, -0.1) is 5.10 Å². The molecule has 9 heteroatoms. The number of nitro benzene ring substituents is 1. The van der Waals surface area contributed by atoms with Gasteiger partial charge in [-0.05, 0) is 29.5 Å². The lowest BCUT2D eigenvalue weighted by atomic mass is 9.73. The number of hydrogen-bond acceptors (Lipinski definition) is 7. The number of ketones is 1. The first kappa shape index (κ1) is 16.2. The summed E-state index contributed by atoms with van der Waals surface area (Å²) < 4.78 is 1.57. The fourth-order valence-corrected chi connectivity index (χ4v) is 3.71. The van der Waals surface area contributed by atoms with Gasteiger partial charge in [0.1, 0.15) is 6.04 Å². The molecule has 1 aliphatic heterocycles. The van der Waals surface area contributed by atoms with Crippen LogP contribution in [0.15, 0.2) is 35.5 Å². The largest absolute Gasteiger partial charge is 0.366 e. The number of nitrogens with two attached hydrogens (primary N) is 1. The second kappa shape index (κ2) is 5.38. The number of allylic oxidation sites excluding steroid dienone is 2. The second-order valence-electron chi connectivity index (χ2n) is 7.45. The molecule has 0 amide bonds. The van der Waals surface area contributed by atoms with Gasteiger partial charge in [0.2, 0.25) is 11.9 Å². The van der Waals surface area contributed by atoms with Crippen LogP contribution in [0.25, 0.3) is 0 Å². The summed E-state index contributed by atoms with van der Waals surface area (Å²) in [6.45, 7) is 4.09. The predicted molar refractivity (Wildman–Crippen MR) is 94.3 cm³/mol. The van der Waals surface area contributed by atoms with Gasteiger partial charge in [0.05, 0.1) is 4.92 Å². The van der Waals surface area contributed by atoms with Gasteiger partial charge in [-0.1, -0.05) is 13.8 Å². The monoisotopic (exact) mass is 354 g/mol. The first-order valence-electron chi connectivity index (χ1n) is 8.25. The van der Waals surface area contributed by atoms with E-state index in [9.17, 15) is 14.9 Å². The molecule has 26 heavy (non-hydrogen) atoms. The molecule has 1 aromatic heterocycles. The number of Topliss-reactive ketones (excluding diaryl/α,β-unsaturated/α-hetero) is 1. The summed E-state index contributed by atoms with van der Waals surface area (Å²) in [7, 11) is 0. The smallest absolute Gasteiger partial charge is 0.269 e. The first-order valence-corrected chi connectivity index (χ1v) is 8.25. The summed E-state index contributed by atoms with van der Waals surface area (Å²) >= 11 is 0. The molecule has 2 heterocycles. The number of nitrogens with one attached hydrogen (secondary N) is 1. The fourth-order valence-electron chi connectivity index (χ4n) is 3.71. The lowest BCUT2D eigenvalue weighted by molar-refractivity contribution is -0.384. The normalized spacial score (nSPS) is 21.0. The first-order chi connectivity index (χ1) is 12.2. The maximum atomic E-state index is 12.9. The Kier molecular flexibility index (Phi) is 3.36. The number of carbonyl (C=O) groups excluding carboxylic acids is 1. The molecule has 0 unspecified atom stereocenters. The molecule has 4 rings (SSSR count). The van der Waals surface area contributed by atoms with E-state index in [1.165, 1.54) is 12.1 Å². The third-order valence-corrected chi connectivity index (χ3v) is 4.77. The maximum Gasteiger partial charge on any atom is 0.269 e. The van der Waals surface area contributed by atoms with E-state index in [-0.39, 0.29) is 22.8 Å². The van der Waals surface area contributed by atoms with Crippen LogP contribution in [0.2, 0.25) is 0 Å². The Bertz CT molecular complexity index is 957. The van der Waals surface area contributed by atoms with E-state index >= 15 is 0 Å². The molecule has 1 atom stereocenters. The van der Waals surface area contributed by atoms with Crippen molar-refractivity contribution in [3.8, 4) is 0 Å². The molecule has 0 spiro atoms. The van der Waals surface area contributed by atoms with E-state index in [4.69, 9.17) is 5.73 Å². The molecule has 0 radical (unpaired) electrons. The number of benzene rings is 1. The van der Waals surface area contributed by atoms with E-state index in [1.807, 2.05) is 13.8 Å². The summed E-state index contributed by atoms with van der Waals surface area (Å²) in [5, 5.41) is 18.4. The molecule has 3 N–H and O–H groups in total. The number of nitro groups is 1. The lowest BCUT2D eigenvalue weighted by Gasteiger charge is -2.38. The number of nitrogens with zero attached hydrogens (tertiary/aromatic N) is 4. The highest BCUT2D eigenvalue weighted by Gasteiger charge is 2.41. The van der Waals surface area contributed by atoms with Crippen molar-refractivity contribution in [2.45, 2.75) is 32.7 Å². The molecule has 9 nitrogen and oxygen atoms in total. The highest BCUT2D eigenvalue weighted by Crippen LogP contribution is 2.45. The summed E-state index contributed by atoms with van der Waals surface area (Å²) in [5.74, 6) is 0.605. The van der Waals surface area contributed by atoms with Crippen LogP contribution in [0.4, 0.5) is 17.6 Å². The number of nitrogen functional groups attached to an aromatic ring is 1. The molecule has 0 fully saturated rings. The third-order valence-electron chi connectivity index (χ3n) is 4.77. The molecular weight excluding hydrogens is 336 g/mol. The van der Waals surface area contributed by atoms with Crippen LogP contribution in [-0.4, -0.2) is 25.5 Å². The maximum absolute atomic E-state index is 12.9. The van der Waals surface area contributed by atoms with E-state index in [2.05, 4.69) is 15.4 Å². The standard InChI is InChI=1S/C17H18N6O3/c1-17(2)7-11-13(12(24)8-17)14(22-16(19-11)20-15(18)21-22)9-3-5-10(6-4-9)23(25)26/h3-6,14H,7-8H2,1-2H3,(H3,18,19,20,21)/t14-/m0/s1. The summed E-state index contributed by atoms with van der Waals surface area (Å²) in [6, 6.07) is 5.64. The van der Waals surface area contributed by atoms with Gasteiger partial charge >= 0.3 is 0 Å². The number of carbonyl (C=O) groups is 1. The Hall–Kier alpha value is -3.23. The highest BCUT2D eigenvalue weighted by atomic mass is 16.6. The van der Waals surface area contributed by atoms with Crippen molar-refractivity contribution >= 4 is 23.4 Å². The van der Waals surface area contributed by atoms with Crippen LogP contribution in [-0.2, 0) is 4.79 Å². The number of hydrogen-bond donors (Lipinski definition) is 2. The van der Waals surface area contributed by atoms with E-state index < -0.39 is 11.0 Å². The Labute approximate surface area is 149 Å². The van der Waals surface area contributed by atoms with E-state index in [0.717, 1.165) is 11.3 Å². The number of rotatable bonds is 2. The lowest BCUT2D eigenvalue weighted by Crippen LogP contribution is -2.36. The number of aromatic nitrogens is 3. The van der Waals surface area contributed by atoms with Crippen LogP contribution in [0.1, 0.15) is 38.3 Å². The number of fused-ring (bicyclic) bond motifs is 1. The third kappa shape index (κ3) is 2.52. The molecular formula is C17H18N6O3. The van der Waals surface area contributed by atoms with Gasteiger partial charge in [0.25, 0.3) is 5.69 Å². The van der Waals surface area contributed by atoms with E-state index in [1.54, 1.807) is 16.8 Å². The fraction of sp³-hybridized carbons (Fsp3) is 0.353. The SMILES string of the molecule is CC1(C)CC(=O)C2=C(C1)Nc1nc(N)nn1[C@H]2c1ccc([N+](=O)[O-])cc1. The Morgan fingerprint density at radius 2 is 2.00 bits per heavy atom. The van der Waals surface area contributed by atoms with Crippen molar-refractivity contribution in [3.05, 3.63) is 51.2 Å². The van der Waals surface area contributed by atoms with Crippen LogP contribution in [0.3, 0.4) is 0 Å². The van der Waals surface area contributed by atoms with Gasteiger partial charge < -0.3 is 11.1 Å². The predicted octanol–water partition coefficient (Wildman–Crippen LogP) is 2.43. The van der Waals surface area contributed by atoms with E-state index in [0.29, 0.717) is 24.4 Å². The molecule has 134 valence electrons. The summed E-state index contributed by atoms with van der Waals surface area (Å²) in [6.07, 6.45) is 1.13. The Morgan fingerprint density at radius 1 is 1.31 bits per heavy atom. The van der Waals surface area contributed by atoms with Gasteiger partial charge in [-0.2, -0.15) is 4.98 Å². The molecule has 0 saturated heterocycles. The highest BCUT2D eigenvalue weighted by molar-refractivity contribution is 6.00. The Morgan fingerprint density at radius 3 is 2.65 bits per heavy atom. The molecule has 1 aromatic carbocycles. The zero-order valence-corrected chi connectivity index (χ0v) is 14.4. The number of non-ortho nitro benzene ring substituents is 1. The van der Waals surface area contributed by atoms with Crippen LogP contribution in [0, 0.1) is 15.5 Å². The minimum Gasteiger partial charge on any atom is -0.366 e. The molecule has 0 saturated carbocycles.